The number of hydrogen-bond donors (Lipinski definition) is 3. The van der Waals surface area contributed by atoms with Crippen molar-refractivity contribution in [2.75, 3.05) is 5.32 Å². The number of halogens is 4. The molecule has 6 nitrogen and oxygen atoms in total. The summed E-state index contributed by atoms with van der Waals surface area (Å²) in [5, 5.41) is 4.93. The highest BCUT2D eigenvalue weighted by molar-refractivity contribution is 6.02. The molecule has 4 rings (SSSR count). The number of aromatic nitrogens is 2. The van der Waals surface area contributed by atoms with Crippen LogP contribution in [0.1, 0.15) is 30.7 Å². The van der Waals surface area contributed by atoms with Crippen molar-refractivity contribution in [2.24, 2.45) is 0 Å². The fourth-order valence-electron chi connectivity index (χ4n) is 3.30. The summed E-state index contributed by atoms with van der Waals surface area (Å²) in [6, 6.07) is 9.23. The van der Waals surface area contributed by atoms with E-state index in [4.69, 9.17) is 0 Å². The summed E-state index contributed by atoms with van der Waals surface area (Å²) in [7, 11) is 0. The van der Waals surface area contributed by atoms with E-state index in [0.717, 1.165) is 17.1 Å². The molecule has 1 saturated carbocycles. The van der Waals surface area contributed by atoms with Crippen molar-refractivity contribution in [3.8, 4) is 0 Å². The van der Waals surface area contributed by atoms with Gasteiger partial charge in [0.1, 0.15) is 17.2 Å². The summed E-state index contributed by atoms with van der Waals surface area (Å²) in [6.45, 7) is 0. The zero-order chi connectivity index (χ0) is 22.2. The molecule has 0 spiro atoms. The lowest BCUT2D eigenvalue weighted by Gasteiger charge is -2.18. The highest BCUT2D eigenvalue weighted by atomic mass is 19.4. The van der Waals surface area contributed by atoms with E-state index in [1.165, 1.54) is 0 Å². The van der Waals surface area contributed by atoms with Gasteiger partial charge >= 0.3 is 6.18 Å². The van der Waals surface area contributed by atoms with Crippen molar-refractivity contribution in [1.29, 1.82) is 0 Å². The van der Waals surface area contributed by atoms with Crippen molar-refractivity contribution in [3.05, 3.63) is 59.7 Å². The molecule has 0 radical (unpaired) electrons. The van der Waals surface area contributed by atoms with Gasteiger partial charge in [0.05, 0.1) is 16.6 Å². The van der Waals surface area contributed by atoms with Crippen molar-refractivity contribution in [2.45, 2.75) is 37.4 Å². The van der Waals surface area contributed by atoms with E-state index in [1.54, 1.807) is 0 Å². The SMILES string of the molecule is O=C(CCc1nc2ccccc2[nH]1)NC1(C(=O)Nc2cc(F)cc(C(F)(F)F)c2)CC1. The molecule has 0 atom stereocenters. The van der Waals surface area contributed by atoms with Crippen LogP contribution in [0.2, 0.25) is 0 Å². The molecule has 2 amide bonds. The van der Waals surface area contributed by atoms with Crippen LogP contribution >= 0.6 is 0 Å². The Bertz CT molecular complexity index is 1120. The monoisotopic (exact) mass is 434 g/mol. The summed E-state index contributed by atoms with van der Waals surface area (Å²) >= 11 is 0. The Morgan fingerprint density at radius 2 is 1.87 bits per heavy atom. The summed E-state index contributed by atoms with van der Waals surface area (Å²) in [5.41, 5.74) is -1.09. The van der Waals surface area contributed by atoms with Gasteiger partial charge in [-0.05, 0) is 43.2 Å². The molecule has 1 fully saturated rings. The third-order valence-electron chi connectivity index (χ3n) is 5.07. The van der Waals surface area contributed by atoms with E-state index < -0.39 is 29.0 Å². The number of nitrogens with zero attached hydrogens (tertiary/aromatic N) is 1. The van der Waals surface area contributed by atoms with Gasteiger partial charge in [0.15, 0.2) is 0 Å². The van der Waals surface area contributed by atoms with Crippen LogP contribution in [0.4, 0.5) is 23.2 Å². The Morgan fingerprint density at radius 3 is 2.55 bits per heavy atom. The standard InChI is InChI=1S/C21H18F4N4O2/c22-13-9-12(21(23,24)25)10-14(11-13)26-19(31)20(7-8-20)29-18(30)6-5-17-27-15-3-1-2-4-16(15)28-17/h1-4,9-11H,5-8H2,(H,26,31)(H,27,28)(H,29,30). The fraction of sp³-hybridized carbons (Fsp3) is 0.286. The number of fused-ring (bicyclic) bond motifs is 1. The predicted molar refractivity (Wildman–Crippen MR) is 105 cm³/mol. The molecule has 31 heavy (non-hydrogen) atoms. The molecular formula is C21H18F4N4O2. The second kappa shape index (κ2) is 7.68. The first-order valence-corrected chi connectivity index (χ1v) is 9.59. The lowest BCUT2D eigenvalue weighted by molar-refractivity contribution is -0.137. The van der Waals surface area contributed by atoms with Crippen LogP contribution in [0.15, 0.2) is 42.5 Å². The van der Waals surface area contributed by atoms with Gasteiger partial charge in [-0.15, -0.1) is 0 Å². The quantitative estimate of drug-likeness (QED) is 0.514. The van der Waals surface area contributed by atoms with E-state index in [9.17, 15) is 27.2 Å². The van der Waals surface area contributed by atoms with Gasteiger partial charge < -0.3 is 15.6 Å². The van der Waals surface area contributed by atoms with Crippen LogP contribution < -0.4 is 10.6 Å². The minimum absolute atomic E-state index is 0.0764. The Labute approximate surface area is 174 Å². The number of hydrogen-bond acceptors (Lipinski definition) is 3. The largest absolute Gasteiger partial charge is 0.416 e. The molecule has 0 bridgehead atoms. The zero-order valence-corrected chi connectivity index (χ0v) is 16.1. The summed E-state index contributed by atoms with van der Waals surface area (Å²) in [5.74, 6) is -1.55. The molecule has 0 unspecified atom stereocenters. The number of carbonyl (C=O) groups is 2. The third kappa shape index (κ3) is 4.68. The number of aromatic amines is 1. The number of carbonyl (C=O) groups excluding carboxylic acids is 2. The molecule has 10 heteroatoms. The van der Waals surface area contributed by atoms with E-state index in [1.807, 2.05) is 24.3 Å². The number of aryl methyl sites for hydroxylation is 1. The Kier molecular flexibility index (Phi) is 5.16. The second-order valence-electron chi connectivity index (χ2n) is 7.51. The fourth-order valence-corrected chi connectivity index (χ4v) is 3.30. The molecule has 1 heterocycles. The van der Waals surface area contributed by atoms with E-state index in [2.05, 4.69) is 20.6 Å². The maximum Gasteiger partial charge on any atom is 0.416 e. The van der Waals surface area contributed by atoms with Gasteiger partial charge in [0.2, 0.25) is 11.8 Å². The van der Waals surface area contributed by atoms with Gasteiger partial charge in [0.25, 0.3) is 0 Å². The van der Waals surface area contributed by atoms with Crippen LogP contribution in [0.25, 0.3) is 11.0 Å². The molecule has 3 aromatic rings. The number of anilines is 1. The highest BCUT2D eigenvalue weighted by Crippen LogP contribution is 2.37. The van der Waals surface area contributed by atoms with Crippen LogP contribution in [0.3, 0.4) is 0 Å². The number of imidazole rings is 1. The van der Waals surface area contributed by atoms with Crippen LogP contribution in [-0.2, 0) is 22.2 Å². The lowest BCUT2D eigenvalue weighted by atomic mass is 10.1. The topological polar surface area (TPSA) is 86.9 Å². The van der Waals surface area contributed by atoms with Crippen molar-refractivity contribution in [1.82, 2.24) is 15.3 Å². The minimum Gasteiger partial charge on any atom is -0.342 e. The number of amides is 2. The predicted octanol–water partition coefficient (Wildman–Crippen LogP) is 3.94. The van der Waals surface area contributed by atoms with Gasteiger partial charge in [-0.25, -0.2) is 9.37 Å². The smallest absolute Gasteiger partial charge is 0.342 e. The number of alkyl halides is 3. The van der Waals surface area contributed by atoms with Crippen LogP contribution in [0.5, 0.6) is 0 Å². The van der Waals surface area contributed by atoms with Crippen molar-refractivity contribution in [3.63, 3.8) is 0 Å². The molecule has 1 aliphatic carbocycles. The van der Waals surface area contributed by atoms with Crippen molar-refractivity contribution >= 4 is 28.5 Å². The minimum atomic E-state index is -4.75. The van der Waals surface area contributed by atoms with Gasteiger partial charge in [-0.2, -0.15) is 13.2 Å². The molecule has 1 aliphatic rings. The summed E-state index contributed by atoms with van der Waals surface area (Å²) in [4.78, 5) is 32.4. The van der Waals surface area contributed by atoms with E-state index in [0.29, 0.717) is 37.2 Å². The first-order chi connectivity index (χ1) is 14.6. The number of nitrogens with one attached hydrogen (secondary N) is 3. The summed E-state index contributed by atoms with van der Waals surface area (Å²) in [6.07, 6.45) is -3.65. The van der Waals surface area contributed by atoms with Crippen LogP contribution in [-0.4, -0.2) is 27.3 Å². The molecule has 162 valence electrons. The maximum absolute atomic E-state index is 13.5. The Balaban J connectivity index is 1.37. The van der Waals surface area contributed by atoms with Crippen LogP contribution in [0, 0.1) is 5.82 Å². The van der Waals surface area contributed by atoms with Crippen molar-refractivity contribution < 1.29 is 27.2 Å². The number of para-hydroxylation sites is 2. The number of H-pyrrole nitrogens is 1. The molecule has 0 saturated heterocycles. The normalized spacial score (nSPS) is 15.0. The average Bonchev–Trinajstić information content (AvgIpc) is 3.35. The Morgan fingerprint density at radius 1 is 1.13 bits per heavy atom. The maximum atomic E-state index is 13.5. The Hall–Kier alpha value is -3.43. The molecule has 1 aromatic heterocycles. The van der Waals surface area contributed by atoms with E-state index in [-0.39, 0.29) is 18.0 Å². The zero-order valence-electron chi connectivity index (χ0n) is 16.1. The number of benzene rings is 2. The number of rotatable bonds is 6. The molecule has 3 N–H and O–H groups in total. The lowest BCUT2D eigenvalue weighted by Crippen LogP contribution is -2.46. The third-order valence-corrected chi connectivity index (χ3v) is 5.07. The van der Waals surface area contributed by atoms with Gasteiger partial charge in [-0.3, -0.25) is 9.59 Å². The molecule has 0 aliphatic heterocycles. The van der Waals surface area contributed by atoms with Gasteiger partial charge in [-0.1, -0.05) is 12.1 Å². The molecular weight excluding hydrogens is 416 g/mol. The average molecular weight is 434 g/mol. The first-order valence-electron chi connectivity index (χ1n) is 9.59. The first kappa shape index (κ1) is 20.8. The summed E-state index contributed by atoms with van der Waals surface area (Å²) < 4.78 is 52.1. The molecule has 2 aromatic carbocycles. The highest BCUT2D eigenvalue weighted by Gasteiger charge is 2.51. The van der Waals surface area contributed by atoms with E-state index >= 15 is 0 Å². The second-order valence-corrected chi connectivity index (χ2v) is 7.51. The van der Waals surface area contributed by atoms with Gasteiger partial charge in [0, 0.05) is 18.5 Å².